The minimum Gasteiger partial charge on any atom is -0.375 e. The number of benzene rings is 1. The topological polar surface area (TPSA) is 50.1 Å². The lowest BCUT2D eigenvalue weighted by atomic mass is 10.3. The average molecular weight is 236 g/mol. The van der Waals surface area contributed by atoms with E-state index in [1.807, 2.05) is 0 Å². The number of para-hydroxylation sites is 1. The molecule has 0 saturated carbocycles. The van der Waals surface area contributed by atoms with Gasteiger partial charge in [-0.25, -0.2) is 0 Å². The van der Waals surface area contributed by atoms with Gasteiger partial charge in [0.25, 0.3) is 0 Å². The Balaban J connectivity index is 2.81. The summed E-state index contributed by atoms with van der Waals surface area (Å²) in [4.78, 5) is 0. The molecule has 0 unspecified atom stereocenters. The number of thiocarbonyl (C=S) groups is 1. The summed E-state index contributed by atoms with van der Waals surface area (Å²) < 4.78 is 0. The largest absolute Gasteiger partial charge is 0.375 e. The molecule has 0 aliphatic rings. The summed E-state index contributed by atoms with van der Waals surface area (Å²) in [7, 11) is 0. The molecule has 6 heteroatoms. The van der Waals surface area contributed by atoms with Gasteiger partial charge in [-0.2, -0.15) is 0 Å². The molecule has 0 amide bonds. The van der Waals surface area contributed by atoms with E-state index in [9.17, 15) is 0 Å². The third-order valence-electron chi connectivity index (χ3n) is 1.27. The molecule has 0 aliphatic carbocycles. The van der Waals surface area contributed by atoms with Crippen molar-refractivity contribution in [1.29, 1.82) is 0 Å². The van der Waals surface area contributed by atoms with Crippen molar-refractivity contribution in [2.24, 2.45) is 5.73 Å². The summed E-state index contributed by atoms with van der Waals surface area (Å²) in [6.07, 6.45) is 0. The average Bonchev–Trinajstić information content (AvgIpc) is 2.03. The lowest BCUT2D eigenvalue weighted by Gasteiger charge is -2.10. The lowest BCUT2D eigenvalue weighted by Crippen LogP contribution is -2.34. The van der Waals surface area contributed by atoms with Gasteiger partial charge in [-0.3, -0.25) is 10.9 Å². The van der Waals surface area contributed by atoms with Crippen LogP contribution in [0, 0.1) is 0 Å². The van der Waals surface area contributed by atoms with Gasteiger partial charge >= 0.3 is 0 Å². The van der Waals surface area contributed by atoms with E-state index in [4.69, 9.17) is 28.9 Å². The Hall–Kier alpha value is -0.710. The first kappa shape index (κ1) is 10.4. The number of rotatable bonds is 2. The Morgan fingerprint density at radius 2 is 1.85 bits per heavy atom. The molecule has 0 saturated heterocycles. The molecule has 13 heavy (non-hydrogen) atoms. The van der Waals surface area contributed by atoms with E-state index in [2.05, 4.69) is 23.1 Å². The van der Waals surface area contributed by atoms with Crippen molar-refractivity contribution in [3.63, 3.8) is 0 Å². The van der Waals surface area contributed by atoms with Crippen molar-refractivity contribution in [3.05, 3.63) is 28.2 Å². The van der Waals surface area contributed by atoms with Crippen LogP contribution in [-0.2, 0) is 0 Å². The molecule has 0 radical (unpaired) electrons. The zero-order chi connectivity index (χ0) is 9.84. The zero-order valence-electron chi connectivity index (χ0n) is 6.47. The normalized spacial score (nSPS) is 9.38. The molecule has 0 atom stereocenters. The molecule has 0 aromatic heterocycles. The molecular weight excluding hydrogens is 229 g/mol. The molecule has 1 aromatic carbocycles. The number of anilines is 1. The van der Waals surface area contributed by atoms with Crippen LogP contribution in [0.4, 0.5) is 5.69 Å². The molecule has 1 rings (SSSR count). The van der Waals surface area contributed by atoms with Gasteiger partial charge in [-0.15, -0.1) is 0 Å². The molecule has 0 heterocycles. The summed E-state index contributed by atoms with van der Waals surface area (Å²) in [5.41, 5.74) is 11.0. The highest BCUT2D eigenvalue weighted by molar-refractivity contribution is 7.80. The summed E-state index contributed by atoms with van der Waals surface area (Å²) in [6.45, 7) is 0. The highest BCUT2D eigenvalue weighted by Gasteiger charge is 2.03. The monoisotopic (exact) mass is 235 g/mol. The van der Waals surface area contributed by atoms with E-state index >= 15 is 0 Å². The predicted molar refractivity (Wildman–Crippen MR) is 60.0 cm³/mol. The van der Waals surface area contributed by atoms with E-state index < -0.39 is 0 Å². The third kappa shape index (κ3) is 2.91. The summed E-state index contributed by atoms with van der Waals surface area (Å²) in [6, 6.07) is 5.16. The Bertz CT molecular complexity index is 309. The fourth-order valence-electron chi connectivity index (χ4n) is 0.741. The molecule has 0 aliphatic heterocycles. The molecule has 70 valence electrons. The molecule has 0 spiro atoms. The lowest BCUT2D eigenvalue weighted by molar-refractivity contribution is 1.13. The first-order chi connectivity index (χ1) is 6.11. The minimum absolute atomic E-state index is 0.121. The first-order valence-corrected chi connectivity index (χ1v) is 4.53. The van der Waals surface area contributed by atoms with E-state index in [1.165, 1.54) is 0 Å². The maximum absolute atomic E-state index is 5.84. The summed E-state index contributed by atoms with van der Waals surface area (Å²) in [5.74, 6) is 0. The van der Waals surface area contributed by atoms with Gasteiger partial charge in [0, 0.05) is 0 Å². The molecule has 0 fully saturated rings. The fraction of sp³-hybridized carbons (Fsp3) is 0. The number of hydrogen-bond donors (Lipinski definition) is 3. The van der Waals surface area contributed by atoms with E-state index in [0.29, 0.717) is 15.7 Å². The van der Waals surface area contributed by atoms with E-state index in [0.717, 1.165) is 0 Å². The first-order valence-electron chi connectivity index (χ1n) is 3.36. The standard InChI is InChI=1S/C7H7Cl2N3S/c8-4-2-1-3-5(9)6(4)11-12-7(10)13/h1-3,11H,(H3,10,12,13). The predicted octanol–water partition coefficient (Wildman–Crippen LogP) is 2.15. The highest BCUT2D eigenvalue weighted by atomic mass is 35.5. The van der Waals surface area contributed by atoms with Crippen LogP contribution in [0.2, 0.25) is 10.0 Å². The van der Waals surface area contributed by atoms with Crippen molar-refractivity contribution in [3.8, 4) is 0 Å². The van der Waals surface area contributed by atoms with Crippen molar-refractivity contribution in [2.75, 3.05) is 5.43 Å². The van der Waals surface area contributed by atoms with Crippen LogP contribution in [0.3, 0.4) is 0 Å². The highest BCUT2D eigenvalue weighted by Crippen LogP contribution is 2.28. The second kappa shape index (κ2) is 4.50. The maximum Gasteiger partial charge on any atom is 0.182 e. The Morgan fingerprint density at radius 1 is 1.31 bits per heavy atom. The van der Waals surface area contributed by atoms with Crippen LogP contribution in [0.25, 0.3) is 0 Å². The second-order valence-corrected chi connectivity index (χ2v) is 3.47. The van der Waals surface area contributed by atoms with E-state index in [1.54, 1.807) is 18.2 Å². The SMILES string of the molecule is NC(=S)NNc1c(Cl)cccc1Cl. The number of nitrogens with one attached hydrogen (secondary N) is 2. The van der Waals surface area contributed by atoms with Crippen molar-refractivity contribution >= 4 is 46.2 Å². The Labute approximate surface area is 91.2 Å². The fourth-order valence-corrected chi connectivity index (χ4v) is 1.28. The smallest absolute Gasteiger partial charge is 0.182 e. The van der Waals surface area contributed by atoms with Crippen molar-refractivity contribution in [2.45, 2.75) is 0 Å². The second-order valence-electron chi connectivity index (χ2n) is 2.21. The van der Waals surface area contributed by atoms with Crippen LogP contribution < -0.4 is 16.6 Å². The van der Waals surface area contributed by atoms with Gasteiger partial charge in [0.05, 0.1) is 15.7 Å². The van der Waals surface area contributed by atoms with Crippen molar-refractivity contribution < 1.29 is 0 Å². The molecule has 3 nitrogen and oxygen atoms in total. The number of hydrogen-bond acceptors (Lipinski definition) is 2. The number of halogens is 2. The van der Waals surface area contributed by atoms with Gasteiger partial charge in [0.2, 0.25) is 0 Å². The Kier molecular flexibility index (Phi) is 3.59. The van der Waals surface area contributed by atoms with Crippen LogP contribution in [0.5, 0.6) is 0 Å². The van der Waals surface area contributed by atoms with Gasteiger partial charge in [-0.05, 0) is 24.4 Å². The quantitative estimate of drug-likeness (QED) is 0.544. The van der Waals surface area contributed by atoms with Crippen LogP contribution in [-0.4, -0.2) is 5.11 Å². The maximum atomic E-state index is 5.84. The van der Waals surface area contributed by atoms with Crippen LogP contribution in [0.15, 0.2) is 18.2 Å². The van der Waals surface area contributed by atoms with Gasteiger partial charge < -0.3 is 5.73 Å². The third-order valence-corrected chi connectivity index (χ3v) is 2.01. The van der Waals surface area contributed by atoms with Crippen molar-refractivity contribution in [1.82, 2.24) is 5.43 Å². The van der Waals surface area contributed by atoms with E-state index in [-0.39, 0.29) is 5.11 Å². The number of nitrogens with two attached hydrogens (primary N) is 1. The molecule has 0 bridgehead atoms. The molecule has 1 aromatic rings. The molecular formula is C7H7Cl2N3S. The minimum atomic E-state index is 0.121. The summed E-state index contributed by atoms with van der Waals surface area (Å²) in [5, 5.41) is 1.11. The molecule has 4 N–H and O–H groups in total. The van der Waals surface area contributed by atoms with Gasteiger partial charge in [0.1, 0.15) is 0 Å². The Morgan fingerprint density at radius 3 is 2.31 bits per heavy atom. The zero-order valence-corrected chi connectivity index (χ0v) is 8.80. The van der Waals surface area contributed by atoms with Gasteiger partial charge in [-0.1, -0.05) is 29.3 Å². The van der Waals surface area contributed by atoms with Crippen LogP contribution in [0.1, 0.15) is 0 Å². The summed E-state index contributed by atoms with van der Waals surface area (Å²) >= 11 is 16.3. The van der Waals surface area contributed by atoms with Crippen LogP contribution >= 0.6 is 35.4 Å². The number of hydrazine groups is 1. The van der Waals surface area contributed by atoms with Gasteiger partial charge in [0.15, 0.2) is 5.11 Å².